The second kappa shape index (κ2) is 6.85. The molecule has 0 aliphatic carbocycles. The van der Waals surface area contributed by atoms with Crippen molar-refractivity contribution in [1.29, 1.82) is 0 Å². The average Bonchev–Trinajstić information content (AvgIpc) is 2.80. The molecule has 0 aromatic carbocycles. The normalized spacial score (nSPS) is 33.1. The van der Waals surface area contributed by atoms with E-state index in [2.05, 4.69) is 11.9 Å². The highest BCUT2D eigenvalue weighted by Crippen LogP contribution is 2.33. The molecule has 2 heterocycles. The third kappa shape index (κ3) is 3.12. The first-order valence-corrected chi connectivity index (χ1v) is 7.09. The second-order valence-electron chi connectivity index (χ2n) is 5.06. The Morgan fingerprint density at radius 2 is 2.00 bits per heavy atom. The lowest BCUT2D eigenvalue weighted by Crippen LogP contribution is -2.43. The van der Waals surface area contributed by atoms with E-state index >= 15 is 0 Å². The first kappa shape index (κ1) is 16.4. The van der Waals surface area contributed by atoms with Crippen molar-refractivity contribution in [2.75, 3.05) is 35.0 Å². The molecule has 0 radical (unpaired) electrons. The van der Waals surface area contributed by atoms with Gasteiger partial charge in [-0.3, -0.25) is 0 Å². The van der Waals surface area contributed by atoms with E-state index in [4.69, 9.17) is 31.2 Å². The molecule has 0 bridgehead atoms. The third-order valence-corrected chi connectivity index (χ3v) is 4.14. The van der Waals surface area contributed by atoms with Crippen LogP contribution in [0.3, 0.4) is 0 Å². The van der Waals surface area contributed by atoms with Crippen LogP contribution in [0.4, 0.5) is 0 Å². The fourth-order valence-electron chi connectivity index (χ4n) is 2.70. The van der Waals surface area contributed by atoms with Gasteiger partial charge >= 0.3 is 0 Å². The number of rotatable bonds is 5. The lowest BCUT2D eigenvalue weighted by Gasteiger charge is -2.31. The number of ether oxygens (including phenoxy) is 4. The lowest BCUT2D eigenvalue weighted by atomic mass is 9.99. The average molecular weight is 314 g/mol. The van der Waals surface area contributed by atoms with Crippen LogP contribution in [0, 0.1) is 0 Å². The Hall–Kier alpha value is -0.990. The van der Waals surface area contributed by atoms with E-state index in [1.807, 2.05) is 18.1 Å². The van der Waals surface area contributed by atoms with Crippen LogP contribution in [0.5, 0.6) is 0 Å². The van der Waals surface area contributed by atoms with Crippen LogP contribution >= 0.6 is 12.2 Å². The molecule has 1 unspecified atom stereocenters. The molecular weight excluding hydrogens is 292 g/mol. The molecule has 2 aliphatic rings. The fraction of sp³-hybridized carbons (Fsp3) is 0.643. The van der Waals surface area contributed by atoms with Crippen LogP contribution in [-0.2, 0) is 18.9 Å². The van der Waals surface area contributed by atoms with Gasteiger partial charge in [0.2, 0.25) is 0 Å². The monoisotopic (exact) mass is 314 g/mol. The van der Waals surface area contributed by atoms with E-state index in [1.54, 1.807) is 21.3 Å². The van der Waals surface area contributed by atoms with Crippen LogP contribution in [0.25, 0.3) is 0 Å². The molecule has 2 rings (SSSR count). The SMILES string of the molecule is C=C1NC(=S)N(C)C=C1[C@@H]1O[C@H](COC)C(OC)[C@@H]1OC. The molecule has 0 aromatic rings. The quantitative estimate of drug-likeness (QED) is 0.748. The Labute approximate surface area is 130 Å². The molecule has 1 saturated heterocycles. The summed E-state index contributed by atoms with van der Waals surface area (Å²) in [6.45, 7) is 4.46. The number of hydrogen-bond donors (Lipinski definition) is 1. The number of nitrogens with one attached hydrogen (secondary N) is 1. The Balaban J connectivity index is 2.27. The zero-order valence-electron chi connectivity index (χ0n) is 12.8. The second-order valence-corrected chi connectivity index (χ2v) is 5.44. The van der Waals surface area contributed by atoms with Crippen molar-refractivity contribution in [2.24, 2.45) is 0 Å². The third-order valence-electron chi connectivity index (χ3n) is 3.75. The van der Waals surface area contributed by atoms with Crippen molar-refractivity contribution >= 4 is 17.3 Å². The van der Waals surface area contributed by atoms with Gasteiger partial charge in [0.05, 0.1) is 6.61 Å². The number of methoxy groups -OCH3 is 3. The number of hydrogen-bond acceptors (Lipinski definition) is 5. The van der Waals surface area contributed by atoms with E-state index in [0.717, 1.165) is 11.3 Å². The molecule has 2 aliphatic heterocycles. The maximum Gasteiger partial charge on any atom is 0.177 e. The molecule has 1 fully saturated rings. The zero-order valence-corrected chi connectivity index (χ0v) is 13.6. The van der Waals surface area contributed by atoms with Crippen molar-refractivity contribution in [2.45, 2.75) is 24.4 Å². The molecule has 1 N–H and O–H groups in total. The largest absolute Gasteiger partial charge is 0.382 e. The summed E-state index contributed by atoms with van der Waals surface area (Å²) in [7, 11) is 6.81. The maximum atomic E-state index is 6.09. The molecular formula is C14H22N2O4S. The molecule has 118 valence electrons. The maximum absolute atomic E-state index is 6.09. The molecule has 0 saturated carbocycles. The van der Waals surface area contributed by atoms with Gasteiger partial charge in [-0.1, -0.05) is 6.58 Å². The van der Waals surface area contributed by atoms with Crippen molar-refractivity contribution < 1.29 is 18.9 Å². The van der Waals surface area contributed by atoms with Gasteiger partial charge in [-0.15, -0.1) is 0 Å². The van der Waals surface area contributed by atoms with Crippen LogP contribution in [0.15, 0.2) is 24.0 Å². The number of thiocarbonyl (C=S) groups is 1. The van der Waals surface area contributed by atoms with E-state index in [0.29, 0.717) is 11.7 Å². The van der Waals surface area contributed by atoms with Gasteiger partial charge in [0, 0.05) is 45.8 Å². The van der Waals surface area contributed by atoms with Crippen molar-refractivity contribution in [3.05, 3.63) is 24.0 Å². The summed E-state index contributed by atoms with van der Waals surface area (Å²) in [6.07, 6.45) is 1.00. The van der Waals surface area contributed by atoms with Crippen LogP contribution < -0.4 is 5.32 Å². The zero-order chi connectivity index (χ0) is 15.6. The van der Waals surface area contributed by atoms with Crippen molar-refractivity contribution in [3.63, 3.8) is 0 Å². The van der Waals surface area contributed by atoms with Crippen LogP contribution in [0.2, 0.25) is 0 Å². The molecule has 7 heteroatoms. The summed E-state index contributed by atoms with van der Waals surface area (Å²) >= 11 is 5.19. The minimum Gasteiger partial charge on any atom is -0.382 e. The Morgan fingerprint density at radius 1 is 1.33 bits per heavy atom. The standard InChI is InChI=1S/C14H22N2O4S/c1-8-9(6-16(2)14(21)15-8)11-13(19-5)12(18-4)10(20-11)7-17-3/h6,10-13H,1,7H2,2-5H3,(H,15,21)/t10-,11+,12?,13-/m1/s1. The number of nitrogens with zero attached hydrogens (tertiary/aromatic N) is 1. The summed E-state index contributed by atoms with van der Waals surface area (Å²) in [5.74, 6) is 0. The minimum atomic E-state index is -0.286. The van der Waals surface area contributed by atoms with Crippen molar-refractivity contribution in [1.82, 2.24) is 10.2 Å². The predicted molar refractivity (Wildman–Crippen MR) is 82.9 cm³/mol. The van der Waals surface area contributed by atoms with Gasteiger partial charge in [0.25, 0.3) is 0 Å². The fourth-order valence-corrected chi connectivity index (χ4v) is 2.87. The van der Waals surface area contributed by atoms with Gasteiger partial charge in [-0.25, -0.2) is 0 Å². The van der Waals surface area contributed by atoms with Crippen LogP contribution in [0.1, 0.15) is 0 Å². The molecule has 6 nitrogen and oxygen atoms in total. The topological polar surface area (TPSA) is 52.2 Å². The van der Waals surface area contributed by atoms with E-state index in [9.17, 15) is 0 Å². The van der Waals surface area contributed by atoms with Gasteiger partial charge < -0.3 is 29.2 Å². The lowest BCUT2D eigenvalue weighted by molar-refractivity contribution is -0.0468. The Morgan fingerprint density at radius 3 is 2.57 bits per heavy atom. The summed E-state index contributed by atoms with van der Waals surface area (Å²) in [5.41, 5.74) is 1.62. The summed E-state index contributed by atoms with van der Waals surface area (Å²) in [5, 5.41) is 3.67. The minimum absolute atomic E-state index is 0.192. The van der Waals surface area contributed by atoms with Gasteiger partial charge in [-0.05, 0) is 12.2 Å². The molecule has 4 atom stereocenters. The molecule has 0 amide bonds. The highest BCUT2D eigenvalue weighted by Gasteiger charge is 2.47. The highest BCUT2D eigenvalue weighted by molar-refractivity contribution is 7.80. The smallest absolute Gasteiger partial charge is 0.177 e. The first-order chi connectivity index (χ1) is 10.0. The van der Waals surface area contributed by atoms with Crippen molar-refractivity contribution in [3.8, 4) is 0 Å². The first-order valence-electron chi connectivity index (χ1n) is 6.68. The van der Waals surface area contributed by atoms with E-state index in [-0.39, 0.29) is 24.4 Å². The van der Waals surface area contributed by atoms with Gasteiger partial charge in [0.1, 0.15) is 24.4 Å². The summed E-state index contributed by atoms with van der Waals surface area (Å²) < 4.78 is 22.4. The predicted octanol–water partition coefficient (Wildman–Crippen LogP) is 0.648. The Kier molecular flexibility index (Phi) is 5.34. The van der Waals surface area contributed by atoms with E-state index < -0.39 is 0 Å². The molecule has 0 aromatic heterocycles. The summed E-state index contributed by atoms with van der Waals surface area (Å²) in [6, 6.07) is 0. The van der Waals surface area contributed by atoms with Gasteiger partial charge in [0.15, 0.2) is 5.11 Å². The molecule has 21 heavy (non-hydrogen) atoms. The highest BCUT2D eigenvalue weighted by atomic mass is 32.1. The molecule has 0 spiro atoms. The van der Waals surface area contributed by atoms with Gasteiger partial charge in [-0.2, -0.15) is 0 Å². The summed E-state index contributed by atoms with van der Waals surface area (Å²) in [4.78, 5) is 1.82. The van der Waals surface area contributed by atoms with Crippen LogP contribution in [-0.4, -0.2) is 69.4 Å². The van der Waals surface area contributed by atoms with E-state index in [1.165, 1.54) is 0 Å². The Bertz CT molecular complexity index is 454.